The summed E-state index contributed by atoms with van der Waals surface area (Å²) in [6, 6.07) is 9.20. The molecule has 2 nitrogen and oxygen atoms in total. The molecule has 1 radical (unpaired) electrons. The van der Waals surface area contributed by atoms with E-state index in [0.717, 1.165) is 10.9 Å². The molecule has 2 rings (SSSR count). The van der Waals surface area contributed by atoms with Gasteiger partial charge in [0.05, 0.1) is 0 Å². The summed E-state index contributed by atoms with van der Waals surface area (Å²) in [5, 5.41) is 11.7. The van der Waals surface area contributed by atoms with Crippen molar-refractivity contribution in [3.8, 4) is 5.88 Å². The number of hydrogen-bond acceptors (Lipinski definition) is 0. The maximum atomic E-state index is 10.7. The molecule has 0 aliphatic carbocycles. The number of nitrogens with one attached hydrogen (secondary N) is 1. The van der Waals surface area contributed by atoms with Gasteiger partial charge in [-0.05, 0) is 6.07 Å². The second-order valence-corrected chi connectivity index (χ2v) is 2.22. The van der Waals surface area contributed by atoms with Crippen molar-refractivity contribution < 1.29 is 5.11 Å². The van der Waals surface area contributed by atoms with Crippen molar-refractivity contribution in [2.75, 3.05) is 0 Å². The van der Waals surface area contributed by atoms with E-state index < -0.39 is 0 Å². The number of fused-ring (bicyclic) bond motifs is 1. The van der Waals surface area contributed by atoms with Crippen LogP contribution in [0.2, 0.25) is 0 Å². The molecule has 49 valence electrons. The Morgan fingerprint density at radius 1 is 1.20 bits per heavy atom. The minimum Gasteiger partial charge on any atom is -0.322 e. The van der Waals surface area contributed by atoms with E-state index in [1.165, 1.54) is 0 Å². The Morgan fingerprint density at radius 2 is 2.00 bits per heavy atom. The molecule has 10 heavy (non-hydrogen) atoms. The van der Waals surface area contributed by atoms with Crippen LogP contribution < -0.4 is 0 Å². The van der Waals surface area contributed by atoms with Crippen LogP contribution in [-0.2, 0) is 5.11 Å². The summed E-state index contributed by atoms with van der Waals surface area (Å²) in [6.07, 6.45) is 0. The zero-order valence-corrected chi connectivity index (χ0v) is 5.29. The molecular formula is C8H6NO. The highest BCUT2D eigenvalue weighted by Gasteiger charge is 1.96. The Morgan fingerprint density at radius 3 is 2.80 bits per heavy atom. The van der Waals surface area contributed by atoms with Crippen LogP contribution in [0.1, 0.15) is 0 Å². The highest BCUT2D eigenvalue weighted by molar-refractivity contribution is 5.80. The number of para-hydroxylation sites is 1. The largest absolute Gasteiger partial charge is 0.322 e. The van der Waals surface area contributed by atoms with E-state index in [4.69, 9.17) is 0 Å². The fraction of sp³-hybridized carbons (Fsp3) is 0. The third-order valence-corrected chi connectivity index (χ3v) is 1.51. The molecule has 0 amide bonds. The number of benzene rings is 1. The maximum absolute atomic E-state index is 10.7. The van der Waals surface area contributed by atoms with Gasteiger partial charge in [0, 0.05) is 17.0 Å². The molecule has 0 saturated carbocycles. The highest BCUT2D eigenvalue weighted by Crippen LogP contribution is 2.18. The second-order valence-electron chi connectivity index (χ2n) is 2.22. The molecule has 0 unspecified atom stereocenters. The normalized spacial score (nSPS) is 10.4. The quantitative estimate of drug-likeness (QED) is 0.571. The van der Waals surface area contributed by atoms with Crippen LogP contribution in [0.15, 0.2) is 30.3 Å². The first kappa shape index (κ1) is 5.35. The van der Waals surface area contributed by atoms with Crippen LogP contribution in [-0.4, -0.2) is 4.98 Å². The van der Waals surface area contributed by atoms with E-state index in [0.29, 0.717) is 0 Å². The Hall–Kier alpha value is -1.44. The lowest BCUT2D eigenvalue weighted by Crippen LogP contribution is -1.62. The van der Waals surface area contributed by atoms with E-state index in [1.54, 1.807) is 6.07 Å². The van der Waals surface area contributed by atoms with Crippen molar-refractivity contribution in [3.05, 3.63) is 30.3 Å². The van der Waals surface area contributed by atoms with E-state index in [-0.39, 0.29) is 5.88 Å². The van der Waals surface area contributed by atoms with Crippen LogP contribution in [0.3, 0.4) is 0 Å². The number of aromatic nitrogens is 1. The van der Waals surface area contributed by atoms with Crippen LogP contribution >= 0.6 is 0 Å². The molecule has 1 aromatic carbocycles. The standard InChI is InChI=1S/C8H6NO/c10-8-5-6-3-1-2-4-7(6)9-8/h1-5,9H. The lowest BCUT2D eigenvalue weighted by molar-refractivity contribution is 0.341. The molecule has 1 N–H and O–H groups in total. The van der Waals surface area contributed by atoms with E-state index in [9.17, 15) is 5.11 Å². The second kappa shape index (κ2) is 1.77. The van der Waals surface area contributed by atoms with Crippen LogP contribution in [0.25, 0.3) is 10.9 Å². The fourth-order valence-corrected chi connectivity index (χ4v) is 1.05. The zero-order valence-electron chi connectivity index (χ0n) is 5.29. The van der Waals surface area contributed by atoms with Gasteiger partial charge in [-0.3, -0.25) is 5.11 Å². The molecule has 0 aliphatic rings. The van der Waals surface area contributed by atoms with Crippen LogP contribution in [0.5, 0.6) is 5.88 Å². The van der Waals surface area contributed by atoms with Crippen molar-refractivity contribution in [1.29, 1.82) is 0 Å². The lowest BCUT2D eigenvalue weighted by Gasteiger charge is -1.82. The van der Waals surface area contributed by atoms with Crippen molar-refractivity contribution in [2.45, 2.75) is 0 Å². The molecule has 2 heteroatoms. The number of aromatic amines is 1. The third kappa shape index (κ3) is 0.658. The number of H-pyrrole nitrogens is 1. The molecule has 0 saturated heterocycles. The molecule has 0 aliphatic heterocycles. The van der Waals surface area contributed by atoms with Crippen LogP contribution in [0, 0.1) is 0 Å². The number of rotatable bonds is 0. The summed E-state index contributed by atoms with van der Waals surface area (Å²) in [7, 11) is 0. The third-order valence-electron chi connectivity index (χ3n) is 1.51. The molecule has 0 bridgehead atoms. The molecule has 1 aromatic heterocycles. The Balaban J connectivity index is 2.88. The van der Waals surface area contributed by atoms with Gasteiger partial charge in [0.25, 0.3) is 0 Å². The summed E-state index contributed by atoms with van der Waals surface area (Å²) in [6.45, 7) is 0. The maximum Gasteiger partial charge on any atom is 0.249 e. The Labute approximate surface area is 58.1 Å². The summed E-state index contributed by atoms with van der Waals surface area (Å²) < 4.78 is 0. The minimum absolute atomic E-state index is 0.0267. The van der Waals surface area contributed by atoms with Gasteiger partial charge in [-0.15, -0.1) is 0 Å². The molecule has 0 atom stereocenters. The predicted octanol–water partition coefficient (Wildman–Crippen LogP) is 2.31. The summed E-state index contributed by atoms with van der Waals surface area (Å²) in [5.74, 6) is -0.0267. The molecule has 0 spiro atoms. The van der Waals surface area contributed by atoms with E-state index >= 15 is 0 Å². The lowest BCUT2D eigenvalue weighted by atomic mass is 10.3. The van der Waals surface area contributed by atoms with Gasteiger partial charge in [0.2, 0.25) is 5.88 Å². The van der Waals surface area contributed by atoms with Gasteiger partial charge in [-0.2, -0.15) is 0 Å². The van der Waals surface area contributed by atoms with Crippen molar-refractivity contribution in [1.82, 2.24) is 4.98 Å². The average Bonchev–Trinajstić information content (AvgIpc) is 2.27. The summed E-state index contributed by atoms with van der Waals surface area (Å²) >= 11 is 0. The highest BCUT2D eigenvalue weighted by atomic mass is 16.3. The van der Waals surface area contributed by atoms with Crippen molar-refractivity contribution in [2.24, 2.45) is 0 Å². The number of hydrogen-bond donors (Lipinski definition) is 1. The predicted molar refractivity (Wildman–Crippen MR) is 38.4 cm³/mol. The first-order chi connectivity index (χ1) is 4.86. The SMILES string of the molecule is [O]c1cc2ccccc2[nH]1. The van der Waals surface area contributed by atoms with Gasteiger partial charge >= 0.3 is 0 Å². The van der Waals surface area contributed by atoms with Crippen molar-refractivity contribution in [3.63, 3.8) is 0 Å². The van der Waals surface area contributed by atoms with E-state index in [2.05, 4.69) is 4.98 Å². The van der Waals surface area contributed by atoms with Gasteiger partial charge in [0.15, 0.2) is 0 Å². The molecular weight excluding hydrogens is 126 g/mol. The monoisotopic (exact) mass is 132 g/mol. The smallest absolute Gasteiger partial charge is 0.249 e. The molecule has 1 heterocycles. The molecule has 0 fully saturated rings. The minimum atomic E-state index is -0.0267. The van der Waals surface area contributed by atoms with Gasteiger partial charge in [-0.25, -0.2) is 0 Å². The topological polar surface area (TPSA) is 35.7 Å². The summed E-state index contributed by atoms with van der Waals surface area (Å²) in [5.41, 5.74) is 0.910. The Bertz CT molecular complexity index is 318. The van der Waals surface area contributed by atoms with Gasteiger partial charge in [0.1, 0.15) is 0 Å². The van der Waals surface area contributed by atoms with Gasteiger partial charge in [-0.1, -0.05) is 18.2 Å². The summed E-state index contributed by atoms with van der Waals surface area (Å²) in [4.78, 5) is 2.70. The van der Waals surface area contributed by atoms with Gasteiger partial charge < -0.3 is 4.98 Å². The van der Waals surface area contributed by atoms with Crippen LogP contribution in [0.4, 0.5) is 0 Å². The fourth-order valence-electron chi connectivity index (χ4n) is 1.05. The zero-order chi connectivity index (χ0) is 6.97. The first-order valence-electron chi connectivity index (χ1n) is 3.11. The van der Waals surface area contributed by atoms with E-state index in [1.807, 2.05) is 24.3 Å². The Kier molecular flexibility index (Phi) is 0.947. The first-order valence-corrected chi connectivity index (χ1v) is 3.11. The van der Waals surface area contributed by atoms with Crippen molar-refractivity contribution >= 4 is 10.9 Å². The average molecular weight is 132 g/mol. The molecule has 2 aromatic rings.